The second kappa shape index (κ2) is 5.76. The van der Waals surface area contributed by atoms with E-state index in [-0.39, 0.29) is 0 Å². The average molecular weight is 279 g/mol. The lowest BCUT2D eigenvalue weighted by atomic mass is 10.3. The third kappa shape index (κ3) is 2.95. The fourth-order valence-electron chi connectivity index (χ4n) is 1.48. The first-order chi connectivity index (χ1) is 8.72. The van der Waals surface area contributed by atoms with E-state index in [0.717, 1.165) is 16.3 Å². The quantitative estimate of drug-likeness (QED) is 0.923. The summed E-state index contributed by atoms with van der Waals surface area (Å²) in [5.74, 6) is 0.755. The minimum atomic E-state index is 0.638. The van der Waals surface area contributed by atoms with Crippen molar-refractivity contribution in [1.82, 2.24) is 0 Å². The van der Waals surface area contributed by atoms with E-state index >= 15 is 0 Å². The Kier molecular flexibility index (Phi) is 4.08. The van der Waals surface area contributed by atoms with Gasteiger partial charge in [-0.25, -0.2) is 0 Å². The highest BCUT2D eigenvalue weighted by Crippen LogP contribution is 2.27. The number of nitriles is 1. The Balaban J connectivity index is 2.08. The van der Waals surface area contributed by atoms with Crippen LogP contribution in [0.4, 0.5) is 5.69 Å². The third-order valence-corrected chi connectivity index (χ3v) is 3.68. The molecule has 0 aliphatic rings. The number of nitrogens with zero attached hydrogens (tertiary/aromatic N) is 1. The number of hydrogen-bond donors (Lipinski definition) is 1. The van der Waals surface area contributed by atoms with Crippen LogP contribution in [-0.2, 0) is 6.54 Å². The molecule has 3 nitrogen and oxygen atoms in total. The molecule has 1 aromatic carbocycles. The van der Waals surface area contributed by atoms with E-state index in [4.69, 9.17) is 21.6 Å². The van der Waals surface area contributed by atoms with Crippen molar-refractivity contribution in [2.75, 3.05) is 12.4 Å². The van der Waals surface area contributed by atoms with E-state index in [9.17, 15) is 0 Å². The molecular formula is C13H11ClN2OS. The van der Waals surface area contributed by atoms with Gasteiger partial charge in [0, 0.05) is 22.9 Å². The van der Waals surface area contributed by atoms with Crippen LogP contribution >= 0.6 is 22.9 Å². The van der Waals surface area contributed by atoms with Gasteiger partial charge < -0.3 is 10.1 Å². The van der Waals surface area contributed by atoms with Crippen molar-refractivity contribution in [1.29, 1.82) is 5.26 Å². The van der Waals surface area contributed by atoms with Crippen LogP contribution < -0.4 is 10.1 Å². The van der Waals surface area contributed by atoms with Crippen molar-refractivity contribution in [3.8, 4) is 11.8 Å². The highest BCUT2D eigenvalue weighted by molar-refractivity contribution is 7.10. The summed E-state index contributed by atoms with van der Waals surface area (Å²) in [6, 6.07) is 9.43. The molecule has 0 bridgehead atoms. The second-order valence-corrected chi connectivity index (χ2v) is 5.02. The smallest absolute Gasteiger partial charge is 0.121 e. The molecule has 2 aromatic rings. The van der Waals surface area contributed by atoms with Crippen LogP contribution in [-0.4, -0.2) is 7.11 Å². The van der Waals surface area contributed by atoms with Gasteiger partial charge in [0.25, 0.3) is 0 Å². The van der Waals surface area contributed by atoms with E-state index in [0.29, 0.717) is 17.1 Å². The van der Waals surface area contributed by atoms with Crippen LogP contribution in [0, 0.1) is 11.3 Å². The first-order valence-electron chi connectivity index (χ1n) is 5.28. The fraction of sp³-hybridized carbons (Fsp3) is 0.154. The van der Waals surface area contributed by atoms with Crippen LogP contribution in [0.2, 0.25) is 5.02 Å². The number of halogens is 1. The van der Waals surface area contributed by atoms with Gasteiger partial charge in [-0.2, -0.15) is 5.26 Å². The molecule has 0 spiro atoms. The summed E-state index contributed by atoms with van der Waals surface area (Å²) < 4.78 is 5.14. The van der Waals surface area contributed by atoms with Gasteiger partial charge in [0.2, 0.25) is 0 Å². The Bertz CT molecular complexity index is 589. The predicted molar refractivity (Wildman–Crippen MR) is 74.4 cm³/mol. The van der Waals surface area contributed by atoms with Crippen molar-refractivity contribution in [3.63, 3.8) is 0 Å². The van der Waals surface area contributed by atoms with Gasteiger partial charge in [-0.3, -0.25) is 0 Å². The second-order valence-electron chi connectivity index (χ2n) is 3.61. The summed E-state index contributed by atoms with van der Waals surface area (Å²) in [4.78, 5) is 1.09. The average Bonchev–Trinajstić information content (AvgIpc) is 2.86. The van der Waals surface area contributed by atoms with E-state index in [1.165, 1.54) is 0 Å². The molecule has 1 heterocycles. The Morgan fingerprint density at radius 2 is 2.28 bits per heavy atom. The first-order valence-corrected chi connectivity index (χ1v) is 6.53. The highest BCUT2D eigenvalue weighted by atomic mass is 35.5. The number of rotatable bonds is 4. The first kappa shape index (κ1) is 12.7. The standard InChI is InChI=1S/C13H11ClN2OS/c1-17-10-2-3-12(14)13(5-10)16-7-11-4-9(6-15)8-18-11/h2-5,8,16H,7H2,1H3. The summed E-state index contributed by atoms with van der Waals surface area (Å²) in [7, 11) is 1.62. The summed E-state index contributed by atoms with van der Waals surface area (Å²) in [6.45, 7) is 0.638. The molecular weight excluding hydrogens is 268 g/mol. The SMILES string of the molecule is COc1ccc(Cl)c(NCc2cc(C#N)cs2)c1. The summed E-state index contributed by atoms with van der Waals surface area (Å²) >= 11 is 7.63. The van der Waals surface area contributed by atoms with Crippen LogP contribution in [0.1, 0.15) is 10.4 Å². The zero-order chi connectivity index (χ0) is 13.0. The van der Waals surface area contributed by atoms with Crippen molar-refractivity contribution in [2.45, 2.75) is 6.54 Å². The molecule has 0 radical (unpaired) electrons. The minimum absolute atomic E-state index is 0.638. The van der Waals surface area contributed by atoms with Gasteiger partial charge in [0.15, 0.2) is 0 Å². The van der Waals surface area contributed by atoms with E-state index < -0.39 is 0 Å². The molecule has 0 unspecified atom stereocenters. The van der Waals surface area contributed by atoms with Crippen molar-refractivity contribution in [3.05, 3.63) is 45.1 Å². The van der Waals surface area contributed by atoms with Crippen LogP contribution in [0.5, 0.6) is 5.75 Å². The molecule has 1 aromatic heterocycles. The summed E-state index contributed by atoms with van der Waals surface area (Å²) in [6.07, 6.45) is 0. The largest absolute Gasteiger partial charge is 0.497 e. The van der Waals surface area contributed by atoms with Crippen molar-refractivity contribution < 1.29 is 4.74 Å². The molecule has 0 atom stereocenters. The van der Waals surface area contributed by atoms with Gasteiger partial charge in [-0.05, 0) is 18.2 Å². The number of thiophene rings is 1. The number of hydrogen-bond acceptors (Lipinski definition) is 4. The van der Waals surface area contributed by atoms with Gasteiger partial charge in [0.05, 0.1) is 23.4 Å². The van der Waals surface area contributed by atoms with Crippen LogP contribution in [0.25, 0.3) is 0 Å². The zero-order valence-corrected chi connectivity index (χ0v) is 11.3. The molecule has 5 heteroatoms. The number of ether oxygens (including phenoxy) is 1. The summed E-state index contributed by atoms with van der Waals surface area (Å²) in [5, 5.41) is 14.5. The van der Waals surface area contributed by atoms with Crippen molar-refractivity contribution >= 4 is 28.6 Å². The van der Waals surface area contributed by atoms with E-state index in [2.05, 4.69) is 11.4 Å². The Morgan fingerprint density at radius 3 is 2.94 bits per heavy atom. The lowest BCUT2D eigenvalue weighted by Gasteiger charge is -2.09. The van der Waals surface area contributed by atoms with Gasteiger partial charge in [-0.1, -0.05) is 11.6 Å². The lowest BCUT2D eigenvalue weighted by Crippen LogP contribution is -1.98. The third-order valence-electron chi connectivity index (χ3n) is 2.41. The Morgan fingerprint density at radius 1 is 1.44 bits per heavy atom. The minimum Gasteiger partial charge on any atom is -0.497 e. The normalized spacial score (nSPS) is 9.83. The molecule has 18 heavy (non-hydrogen) atoms. The van der Waals surface area contributed by atoms with Crippen molar-refractivity contribution in [2.24, 2.45) is 0 Å². The maximum atomic E-state index is 8.75. The molecule has 0 saturated carbocycles. The van der Waals surface area contributed by atoms with Crippen LogP contribution in [0.15, 0.2) is 29.6 Å². The molecule has 0 fully saturated rings. The number of benzene rings is 1. The van der Waals surface area contributed by atoms with Gasteiger partial charge in [0.1, 0.15) is 11.8 Å². The molecule has 0 aliphatic carbocycles. The number of anilines is 1. The zero-order valence-electron chi connectivity index (χ0n) is 9.74. The predicted octanol–water partition coefficient (Wildman–Crippen LogP) is 3.89. The fourth-order valence-corrected chi connectivity index (χ4v) is 2.42. The topological polar surface area (TPSA) is 45.0 Å². The van der Waals surface area contributed by atoms with E-state index in [1.807, 2.05) is 23.6 Å². The Labute approximate surface area is 115 Å². The highest BCUT2D eigenvalue weighted by Gasteiger charge is 2.04. The van der Waals surface area contributed by atoms with Gasteiger partial charge >= 0.3 is 0 Å². The summed E-state index contributed by atoms with van der Waals surface area (Å²) in [5.41, 5.74) is 1.51. The number of nitrogens with one attached hydrogen (secondary N) is 1. The Hall–Kier alpha value is -1.70. The molecule has 0 amide bonds. The van der Waals surface area contributed by atoms with Crippen LogP contribution in [0.3, 0.4) is 0 Å². The molecule has 92 valence electrons. The molecule has 1 N–H and O–H groups in total. The molecule has 0 saturated heterocycles. The molecule has 2 rings (SSSR count). The van der Waals surface area contributed by atoms with Gasteiger partial charge in [-0.15, -0.1) is 11.3 Å². The maximum absolute atomic E-state index is 8.75. The monoisotopic (exact) mass is 278 g/mol. The van der Waals surface area contributed by atoms with E-state index in [1.54, 1.807) is 24.5 Å². The molecule has 0 aliphatic heterocycles. The lowest BCUT2D eigenvalue weighted by molar-refractivity contribution is 0.415. The maximum Gasteiger partial charge on any atom is 0.121 e. The number of methoxy groups -OCH3 is 1.